The molecule has 1 aliphatic rings. The molecular formula is C20H20N4O. The monoisotopic (exact) mass is 332 g/mol. The summed E-state index contributed by atoms with van der Waals surface area (Å²) in [6, 6.07) is 17.6. The Labute approximate surface area is 146 Å². The van der Waals surface area contributed by atoms with E-state index in [9.17, 15) is 5.11 Å². The number of nitrogens with zero attached hydrogens (tertiary/aromatic N) is 2. The highest BCUT2D eigenvalue weighted by atomic mass is 16.3. The van der Waals surface area contributed by atoms with Gasteiger partial charge in [0.15, 0.2) is 5.82 Å². The summed E-state index contributed by atoms with van der Waals surface area (Å²) in [4.78, 5) is 9.23. The first-order valence-corrected chi connectivity index (χ1v) is 8.49. The Hall–Kier alpha value is -2.92. The smallest absolute Gasteiger partial charge is 0.165 e. The van der Waals surface area contributed by atoms with Crippen LogP contribution in [0, 0.1) is 0 Å². The second-order valence-corrected chi connectivity index (χ2v) is 6.17. The van der Waals surface area contributed by atoms with Gasteiger partial charge < -0.3 is 15.7 Å². The fraction of sp³-hybridized carbons (Fsp3) is 0.200. The molecule has 0 bridgehead atoms. The molecule has 2 heterocycles. The summed E-state index contributed by atoms with van der Waals surface area (Å²) in [7, 11) is 0. The average molecular weight is 332 g/mol. The lowest BCUT2D eigenvalue weighted by Gasteiger charge is -2.17. The molecule has 1 fully saturated rings. The number of aromatic nitrogens is 2. The minimum absolute atomic E-state index is 0.184. The number of hydrogen-bond acceptors (Lipinski definition) is 5. The Balaban J connectivity index is 1.78. The fourth-order valence-corrected chi connectivity index (χ4v) is 3.08. The maximum absolute atomic E-state index is 10.1. The lowest BCUT2D eigenvalue weighted by atomic mass is 10.1. The number of benzene rings is 2. The van der Waals surface area contributed by atoms with E-state index in [-0.39, 0.29) is 5.75 Å². The molecule has 126 valence electrons. The van der Waals surface area contributed by atoms with E-state index >= 15 is 0 Å². The summed E-state index contributed by atoms with van der Waals surface area (Å²) in [6.45, 7) is 1.93. The van der Waals surface area contributed by atoms with Crippen molar-refractivity contribution in [1.29, 1.82) is 0 Å². The van der Waals surface area contributed by atoms with E-state index in [1.807, 2.05) is 36.5 Å². The largest absolute Gasteiger partial charge is 0.507 e. The molecule has 5 heteroatoms. The van der Waals surface area contributed by atoms with Gasteiger partial charge in [-0.15, -0.1) is 0 Å². The van der Waals surface area contributed by atoms with E-state index in [0.29, 0.717) is 17.4 Å². The van der Waals surface area contributed by atoms with Crippen molar-refractivity contribution in [2.75, 3.05) is 18.4 Å². The standard InChI is InChI=1S/C20H20N4O/c25-18-9-5-4-8-16(18)19-22-13-17(14-6-2-1-3-7-14)20(24-19)23-15-10-11-21-12-15/h1-9,13,15,21,25H,10-12H2,(H,22,23,24)/t15-/m0/s1. The Morgan fingerprint density at radius 1 is 1.00 bits per heavy atom. The van der Waals surface area contributed by atoms with Crippen molar-refractivity contribution in [2.24, 2.45) is 0 Å². The van der Waals surface area contributed by atoms with Gasteiger partial charge in [-0.2, -0.15) is 0 Å². The molecule has 1 atom stereocenters. The first-order chi connectivity index (χ1) is 12.3. The van der Waals surface area contributed by atoms with Crippen molar-refractivity contribution < 1.29 is 5.11 Å². The molecule has 5 nitrogen and oxygen atoms in total. The van der Waals surface area contributed by atoms with E-state index in [1.165, 1.54) is 0 Å². The molecule has 3 aromatic rings. The van der Waals surface area contributed by atoms with E-state index in [0.717, 1.165) is 36.5 Å². The topological polar surface area (TPSA) is 70.1 Å². The number of anilines is 1. The van der Waals surface area contributed by atoms with Gasteiger partial charge in [-0.05, 0) is 30.7 Å². The second-order valence-electron chi connectivity index (χ2n) is 6.17. The Morgan fingerprint density at radius 3 is 2.56 bits per heavy atom. The lowest BCUT2D eigenvalue weighted by molar-refractivity contribution is 0.477. The number of para-hydroxylation sites is 1. The van der Waals surface area contributed by atoms with E-state index in [2.05, 4.69) is 27.8 Å². The summed E-state index contributed by atoms with van der Waals surface area (Å²) < 4.78 is 0. The van der Waals surface area contributed by atoms with Gasteiger partial charge >= 0.3 is 0 Å². The van der Waals surface area contributed by atoms with Crippen LogP contribution in [0.5, 0.6) is 5.75 Å². The minimum atomic E-state index is 0.184. The Kier molecular flexibility index (Phi) is 4.31. The molecule has 0 spiro atoms. The number of phenolic OH excluding ortho intramolecular Hbond substituents is 1. The van der Waals surface area contributed by atoms with E-state index in [1.54, 1.807) is 12.1 Å². The molecule has 1 saturated heterocycles. The van der Waals surface area contributed by atoms with Crippen LogP contribution < -0.4 is 10.6 Å². The fourth-order valence-electron chi connectivity index (χ4n) is 3.08. The number of nitrogens with one attached hydrogen (secondary N) is 2. The normalized spacial score (nSPS) is 16.7. The molecule has 0 unspecified atom stereocenters. The Morgan fingerprint density at radius 2 is 1.80 bits per heavy atom. The first kappa shape index (κ1) is 15.6. The maximum atomic E-state index is 10.1. The molecule has 1 aromatic heterocycles. The number of hydrogen-bond donors (Lipinski definition) is 3. The quantitative estimate of drug-likeness (QED) is 0.684. The first-order valence-electron chi connectivity index (χ1n) is 8.49. The molecule has 0 aliphatic carbocycles. The van der Waals surface area contributed by atoms with Gasteiger partial charge in [0.2, 0.25) is 0 Å². The van der Waals surface area contributed by atoms with E-state index in [4.69, 9.17) is 4.98 Å². The van der Waals surface area contributed by atoms with E-state index < -0.39 is 0 Å². The zero-order valence-corrected chi connectivity index (χ0v) is 13.8. The van der Waals surface area contributed by atoms with Crippen LogP contribution in [0.25, 0.3) is 22.5 Å². The number of phenols is 1. The van der Waals surface area contributed by atoms with Crippen molar-refractivity contribution in [2.45, 2.75) is 12.5 Å². The molecule has 4 rings (SSSR count). The summed E-state index contributed by atoms with van der Waals surface area (Å²) in [5.74, 6) is 1.50. The van der Waals surface area contributed by atoms with Crippen LogP contribution in [-0.2, 0) is 0 Å². The van der Waals surface area contributed by atoms with Crippen LogP contribution in [0.1, 0.15) is 6.42 Å². The van der Waals surface area contributed by atoms with Crippen molar-refractivity contribution in [3.05, 3.63) is 60.8 Å². The van der Waals surface area contributed by atoms with Crippen LogP contribution >= 0.6 is 0 Å². The van der Waals surface area contributed by atoms with Crippen LogP contribution in [0.4, 0.5) is 5.82 Å². The molecule has 3 N–H and O–H groups in total. The molecule has 0 radical (unpaired) electrons. The minimum Gasteiger partial charge on any atom is -0.507 e. The highest BCUT2D eigenvalue weighted by molar-refractivity contribution is 5.77. The third kappa shape index (κ3) is 3.32. The third-order valence-corrected chi connectivity index (χ3v) is 4.42. The van der Waals surface area contributed by atoms with Crippen molar-refractivity contribution in [1.82, 2.24) is 15.3 Å². The van der Waals surface area contributed by atoms with Gasteiger partial charge in [0.1, 0.15) is 11.6 Å². The van der Waals surface area contributed by atoms with Crippen molar-refractivity contribution >= 4 is 5.82 Å². The predicted octanol–water partition coefficient (Wildman–Crippen LogP) is 3.29. The zero-order valence-electron chi connectivity index (χ0n) is 13.8. The van der Waals surface area contributed by atoms with Crippen LogP contribution in [0.3, 0.4) is 0 Å². The SMILES string of the molecule is Oc1ccccc1-c1ncc(-c2ccccc2)c(N[C@H]2CCNC2)n1. The molecule has 2 aromatic carbocycles. The molecular weight excluding hydrogens is 312 g/mol. The molecule has 0 saturated carbocycles. The maximum Gasteiger partial charge on any atom is 0.165 e. The summed E-state index contributed by atoms with van der Waals surface area (Å²) in [6.07, 6.45) is 2.89. The molecule has 0 amide bonds. The summed E-state index contributed by atoms with van der Waals surface area (Å²) in [5, 5.41) is 17.0. The van der Waals surface area contributed by atoms with Gasteiger partial charge in [0.25, 0.3) is 0 Å². The molecule has 25 heavy (non-hydrogen) atoms. The zero-order chi connectivity index (χ0) is 17.1. The molecule has 1 aliphatic heterocycles. The summed E-state index contributed by atoms with van der Waals surface area (Å²) in [5.41, 5.74) is 2.67. The average Bonchev–Trinajstić information content (AvgIpc) is 3.16. The summed E-state index contributed by atoms with van der Waals surface area (Å²) >= 11 is 0. The van der Waals surface area contributed by atoms with Crippen LogP contribution in [0.15, 0.2) is 60.8 Å². The van der Waals surface area contributed by atoms with Gasteiger partial charge in [0, 0.05) is 24.3 Å². The van der Waals surface area contributed by atoms with Gasteiger partial charge in [-0.1, -0.05) is 42.5 Å². The number of aromatic hydroxyl groups is 1. The van der Waals surface area contributed by atoms with Gasteiger partial charge in [0.05, 0.1) is 5.56 Å². The Bertz CT molecular complexity index is 861. The number of rotatable bonds is 4. The highest BCUT2D eigenvalue weighted by Crippen LogP contribution is 2.31. The van der Waals surface area contributed by atoms with Gasteiger partial charge in [-0.25, -0.2) is 9.97 Å². The van der Waals surface area contributed by atoms with Crippen molar-refractivity contribution in [3.8, 4) is 28.3 Å². The third-order valence-electron chi connectivity index (χ3n) is 4.42. The van der Waals surface area contributed by atoms with Gasteiger partial charge in [-0.3, -0.25) is 0 Å². The van der Waals surface area contributed by atoms with Crippen LogP contribution in [0.2, 0.25) is 0 Å². The lowest BCUT2D eigenvalue weighted by Crippen LogP contribution is -2.23. The predicted molar refractivity (Wildman–Crippen MR) is 99.5 cm³/mol. The second kappa shape index (κ2) is 6.91. The van der Waals surface area contributed by atoms with Crippen LogP contribution in [-0.4, -0.2) is 34.2 Å². The highest BCUT2D eigenvalue weighted by Gasteiger charge is 2.18. The van der Waals surface area contributed by atoms with Crippen molar-refractivity contribution in [3.63, 3.8) is 0 Å².